The van der Waals surface area contributed by atoms with E-state index in [2.05, 4.69) is 62.6 Å². The lowest BCUT2D eigenvalue weighted by Gasteiger charge is -2.13. The Hall–Kier alpha value is -1.20. The van der Waals surface area contributed by atoms with Crippen LogP contribution in [0.15, 0.2) is 33.3 Å². The molecule has 5 heteroatoms. The van der Waals surface area contributed by atoms with E-state index < -0.39 is 0 Å². The monoisotopic (exact) mass is 323 g/mol. The highest BCUT2D eigenvalue weighted by Crippen LogP contribution is 2.11. The highest BCUT2D eigenvalue weighted by molar-refractivity contribution is 9.10. The summed E-state index contributed by atoms with van der Waals surface area (Å²) in [7, 11) is 0. The van der Waals surface area contributed by atoms with Gasteiger partial charge in [-0.3, -0.25) is 0 Å². The third kappa shape index (κ3) is 4.76. The minimum atomic E-state index is 0.425. The van der Waals surface area contributed by atoms with E-state index in [0.717, 1.165) is 29.7 Å². The maximum Gasteiger partial charge on any atom is 0.223 e. The lowest BCUT2D eigenvalue weighted by Crippen LogP contribution is -2.30. The van der Waals surface area contributed by atoms with Crippen LogP contribution in [0.3, 0.4) is 0 Å². The molecule has 0 aliphatic carbocycles. The zero-order chi connectivity index (χ0) is 13.7. The average Bonchev–Trinajstić information content (AvgIpc) is 2.78. The molecule has 1 unspecified atom stereocenters. The lowest BCUT2D eigenvalue weighted by atomic mass is 10.1. The van der Waals surface area contributed by atoms with E-state index in [4.69, 9.17) is 4.52 Å². The van der Waals surface area contributed by atoms with Gasteiger partial charge in [0.05, 0.1) is 0 Å². The van der Waals surface area contributed by atoms with Crippen molar-refractivity contribution in [1.29, 1.82) is 0 Å². The molecule has 0 spiro atoms. The van der Waals surface area contributed by atoms with Crippen LogP contribution in [0.25, 0.3) is 0 Å². The summed E-state index contributed by atoms with van der Waals surface area (Å²) in [5.74, 6) is 1.39. The SMILES string of the molecule is Cc1nc(CCNC(C)Cc2ccc(Br)cc2)no1. The van der Waals surface area contributed by atoms with Crippen molar-refractivity contribution in [3.05, 3.63) is 46.0 Å². The lowest BCUT2D eigenvalue weighted by molar-refractivity contribution is 0.386. The van der Waals surface area contributed by atoms with Gasteiger partial charge >= 0.3 is 0 Å². The molecule has 0 bridgehead atoms. The van der Waals surface area contributed by atoms with E-state index in [9.17, 15) is 0 Å². The van der Waals surface area contributed by atoms with Crippen molar-refractivity contribution in [2.24, 2.45) is 0 Å². The molecule has 0 aliphatic rings. The molecule has 0 fully saturated rings. The van der Waals surface area contributed by atoms with Gasteiger partial charge in [0.15, 0.2) is 5.82 Å². The normalized spacial score (nSPS) is 12.6. The van der Waals surface area contributed by atoms with Crippen LogP contribution in [-0.4, -0.2) is 22.7 Å². The first-order valence-electron chi connectivity index (χ1n) is 6.40. The summed E-state index contributed by atoms with van der Waals surface area (Å²) in [4.78, 5) is 4.18. The molecule has 4 nitrogen and oxygen atoms in total. The third-order valence-electron chi connectivity index (χ3n) is 2.87. The zero-order valence-electron chi connectivity index (χ0n) is 11.2. The highest BCUT2D eigenvalue weighted by Gasteiger charge is 2.05. The maximum absolute atomic E-state index is 4.94. The van der Waals surface area contributed by atoms with Gasteiger partial charge in [-0.2, -0.15) is 4.98 Å². The fourth-order valence-electron chi connectivity index (χ4n) is 1.92. The predicted molar refractivity (Wildman–Crippen MR) is 78.0 cm³/mol. The van der Waals surface area contributed by atoms with Crippen LogP contribution in [0.4, 0.5) is 0 Å². The average molecular weight is 324 g/mol. The van der Waals surface area contributed by atoms with Gasteiger partial charge in [0.2, 0.25) is 5.89 Å². The van der Waals surface area contributed by atoms with Crippen molar-refractivity contribution in [3.8, 4) is 0 Å². The van der Waals surface area contributed by atoms with E-state index in [0.29, 0.717) is 11.9 Å². The summed E-state index contributed by atoms with van der Waals surface area (Å²) in [5, 5.41) is 7.35. The molecule has 0 saturated heterocycles. The molecule has 2 rings (SSSR count). The Morgan fingerprint density at radius 2 is 2.05 bits per heavy atom. The molecular formula is C14H18BrN3O. The standard InChI is InChI=1S/C14H18BrN3O/c1-10(9-12-3-5-13(15)6-4-12)16-8-7-14-17-11(2)19-18-14/h3-6,10,16H,7-9H2,1-2H3. The summed E-state index contributed by atoms with van der Waals surface area (Å²) in [6.07, 6.45) is 1.81. The molecule has 19 heavy (non-hydrogen) atoms. The number of halogens is 1. The molecule has 102 valence electrons. The van der Waals surface area contributed by atoms with Crippen LogP contribution < -0.4 is 5.32 Å². The fourth-order valence-corrected chi connectivity index (χ4v) is 2.18. The molecule has 1 aromatic heterocycles. The molecule has 2 aromatic rings. The number of nitrogens with one attached hydrogen (secondary N) is 1. The second-order valence-corrected chi connectivity index (χ2v) is 5.58. The molecule has 0 aliphatic heterocycles. The van der Waals surface area contributed by atoms with Gasteiger partial charge < -0.3 is 9.84 Å². The molecule has 1 N–H and O–H groups in total. The van der Waals surface area contributed by atoms with E-state index in [1.807, 2.05) is 0 Å². The van der Waals surface area contributed by atoms with E-state index in [1.165, 1.54) is 5.56 Å². The number of nitrogens with zero attached hydrogens (tertiary/aromatic N) is 2. The molecule has 1 atom stereocenters. The molecule has 0 saturated carbocycles. The van der Waals surface area contributed by atoms with Crippen molar-refractivity contribution in [1.82, 2.24) is 15.5 Å². The van der Waals surface area contributed by atoms with Crippen molar-refractivity contribution >= 4 is 15.9 Å². The van der Waals surface area contributed by atoms with Crippen LogP contribution in [-0.2, 0) is 12.8 Å². The number of aryl methyl sites for hydroxylation is 1. The molecule has 1 aromatic carbocycles. The Kier molecular flexibility index (Phi) is 5.10. The van der Waals surface area contributed by atoms with E-state index in [-0.39, 0.29) is 0 Å². The van der Waals surface area contributed by atoms with Crippen molar-refractivity contribution in [2.45, 2.75) is 32.7 Å². The van der Waals surface area contributed by atoms with Gasteiger partial charge in [0.25, 0.3) is 0 Å². The maximum atomic E-state index is 4.94. The number of hydrogen-bond donors (Lipinski definition) is 1. The number of benzene rings is 1. The van der Waals surface area contributed by atoms with Crippen molar-refractivity contribution in [3.63, 3.8) is 0 Å². The summed E-state index contributed by atoms with van der Waals surface area (Å²) in [5.41, 5.74) is 1.33. The second-order valence-electron chi connectivity index (χ2n) is 4.67. The first kappa shape index (κ1) is 14.2. The van der Waals surface area contributed by atoms with E-state index in [1.54, 1.807) is 6.92 Å². The van der Waals surface area contributed by atoms with Gasteiger partial charge in [-0.05, 0) is 31.0 Å². The first-order chi connectivity index (χ1) is 9.13. The summed E-state index contributed by atoms with van der Waals surface area (Å²) >= 11 is 3.44. The Morgan fingerprint density at radius 3 is 2.68 bits per heavy atom. The number of aromatic nitrogens is 2. The minimum absolute atomic E-state index is 0.425. The smallest absolute Gasteiger partial charge is 0.223 e. The largest absolute Gasteiger partial charge is 0.340 e. The Bertz CT molecular complexity index is 510. The minimum Gasteiger partial charge on any atom is -0.340 e. The Balaban J connectivity index is 1.72. The molecule has 0 radical (unpaired) electrons. The van der Waals surface area contributed by atoms with Gasteiger partial charge in [-0.15, -0.1) is 0 Å². The summed E-state index contributed by atoms with van der Waals surface area (Å²) < 4.78 is 6.05. The highest BCUT2D eigenvalue weighted by atomic mass is 79.9. The van der Waals surface area contributed by atoms with Crippen molar-refractivity contribution < 1.29 is 4.52 Å². The molecule has 0 amide bonds. The Labute approximate surface area is 121 Å². The van der Waals surface area contributed by atoms with Gasteiger partial charge in [0.1, 0.15) is 0 Å². The quantitative estimate of drug-likeness (QED) is 0.888. The van der Waals surface area contributed by atoms with Crippen LogP contribution in [0.5, 0.6) is 0 Å². The zero-order valence-corrected chi connectivity index (χ0v) is 12.8. The number of hydrogen-bond acceptors (Lipinski definition) is 4. The second kappa shape index (κ2) is 6.82. The summed E-state index contributed by atoms with van der Waals surface area (Å²) in [6.45, 7) is 4.85. The van der Waals surface area contributed by atoms with Crippen LogP contribution in [0.2, 0.25) is 0 Å². The molecule has 1 heterocycles. The van der Waals surface area contributed by atoms with Crippen LogP contribution in [0, 0.1) is 6.92 Å². The molecular weight excluding hydrogens is 306 g/mol. The number of rotatable bonds is 6. The van der Waals surface area contributed by atoms with Crippen LogP contribution in [0.1, 0.15) is 24.2 Å². The van der Waals surface area contributed by atoms with Gasteiger partial charge in [0, 0.05) is 30.4 Å². The van der Waals surface area contributed by atoms with Gasteiger partial charge in [-0.1, -0.05) is 33.2 Å². The van der Waals surface area contributed by atoms with Crippen LogP contribution >= 0.6 is 15.9 Å². The fraction of sp³-hybridized carbons (Fsp3) is 0.429. The topological polar surface area (TPSA) is 51.0 Å². The predicted octanol–water partition coefficient (Wildman–Crippen LogP) is 2.90. The van der Waals surface area contributed by atoms with Crippen molar-refractivity contribution in [2.75, 3.05) is 6.54 Å². The summed E-state index contributed by atoms with van der Waals surface area (Å²) in [6, 6.07) is 8.86. The van der Waals surface area contributed by atoms with E-state index >= 15 is 0 Å². The van der Waals surface area contributed by atoms with Gasteiger partial charge in [-0.25, -0.2) is 0 Å². The Morgan fingerprint density at radius 1 is 1.32 bits per heavy atom. The first-order valence-corrected chi connectivity index (χ1v) is 7.20. The third-order valence-corrected chi connectivity index (χ3v) is 3.39.